The van der Waals surface area contributed by atoms with Gasteiger partial charge in [-0.1, -0.05) is 31.5 Å². The Balaban J connectivity index is 2.55. The second-order valence-electron chi connectivity index (χ2n) is 5.14. The average Bonchev–Trinajstić information content (AvgIpc) is 2.54. The zero-order chi connectivity index (χ0) is 16.8. The Bertz CT molecular complexity index is 628. The van der Waals surface area contributed by atoms with Crippen LogP contribution < -0.4 is 15.4 Å². The molecule has 0 fully saturated rings. The molecule has 0 aliphatic carbocycles. The number of ether oxygens (including phenoxy) is 2. The van der Waals surface area contributed by atoms with Gasteiger partial charge in [-0.3, -0.25) is 0 Å². The van der Waals surface area contributed by atoms with Crippen molar-refractivity contribution in [2.45, 2.75) is 32.7 Å². The topological polar surface area (TPSA) is 59.6 Å². The van der Waals surface area contributed by atoms with Crippen molar-refractivity contribution < 1.29 is 14.3 Å². The number of para-hydroxylation sites is 1. The number of allylic oxidation sites excluding steroid dienone is 1. The lowest BCUT2D eigenvalue weighted by molar-refractivity contribution is -0.139. The highest BCUT2D eigenvalue weighted by atomic mass is 32.1. The van der Waals surface area contributed by atoms with Crippen molar-refractivity contribution in [3.63, 3.8) is 0 Å². The SMILES string of the molecule is CCCC1=C(C(=O)OCC)C(c2ccccc2OC)NC(=S)N1. The van der Waals surface area contributed by atoms with Crippen molar-refractivity contribution >= 4 is 23.3 Å². The average molecular weight is 334 g/mol. The molecule has 0 spiro atoms. The van der Waals surface area contributed by atoms with Crippen LogP contribution in [0.25, 0.3) is 0 Å². The Morgan fingerprint density at radius 2 is 2.04 bits per heavy atom. The zero-order valence-corrected chi connectivity index (χ0v) is 14.5. The first kappa shape index (κ1) is 17.3. The van der Waals surface area contributed by atoms with E-state index in [9.17, 15) is 4.79 Å². The van der Waals surface area contributed by atoms with Crippen LogP contribution in [0.4, 0.5) is 0 Å². The third-order valence-electron chi connectivity index (χ3n) is 3.60. The quantitative estimate of drug-likeness (QED) is 0.616. The highest BCUT2D eigenvalue weighted by Gasteiger charge is 2.33. The molecule has 1 aliphatic rings. The predicted molar refractivity (Wildman–Crippen MR) is 93.2 cm³/mol. The summed E-state index contributed by atoms with van der Waals surface area (Å²) in [7, 11) is 1.61. The van der Waals surface area contributed by atoms with E-state index >= 15 is 0 Å². The summed E-state index contributed by atoms with van der Waals surface area (Å²) in [6, 6.07) is 7.20. The number of esters is 1. The van der Waals surface area contributed by atoms with E-state index in [1.165, 1.54) is 0 Å². The van der Waals surface area contributed by atoms with Gasteiger partial charge >= 0.3 is 5.97 Å². The number of thiocarbonyl (C=S) groups is 1. The fraction of sp³-hybridized carbons (Fsp3) is 0.412. The van der Waals surface area contributed by atoms with Crippen molar-refractivity contribution in [3.05, 3.63) is 41.1 Å². The molecule has 0 radical (unpaired) electrons. The van der Waals surface area contributed by atoms with E-state index in [4.69, 9.17) is 21.7 Å². The van der Waals surface area contributed by atoms with E-state index in [-0.39, 0.29) is 12.0 Å². The highest BCUT2D eigenvalue weighted by molar-refractivity contribution is 7.80. The maximum absolute atomic E-state index is 12.5. The van der Waals surface area contributed by atoms with Crippen LogP contribution >= 0.6 is 12.2 Å². The summed E-state index contributed by atoms with van der Waals surface area (Å²) in [5.74, 6) is 0.363. The summed E-state index contributed by atoms with van der Waals surface area (Å²) >= 11 is 5.31. The van der Waals surface area contributed by atoms with Gasteiger partial charge < -0.3 is 20.1 Å². The molecule has 1 aliphatic heterocycles. The summed E-state index contributed by atoms with van der Waals surface area (Å²) in [5.41, 5.74) is 2.23. The first-order valence-corrected chi connectivity index (χ1v) is 8.13. The molecule has 1 aromatic rings. The van der Waals surface area contributed by atoms with E-state index < -0.39 is 0 Å². The molecule has 5 nitrogen and oxygen atoms in total. The van der Waals surface area contributed by atoms with Gasteiger partial charge in [0.2, 0.25) is 0 Å². The zero-order valence-electron chi connectivity index (χ0n) is 13.6. The van der Waals surface area contributed by atoms with Gasteiger partial charge in [-0.15, -0.1) is 0 Å². The smallest absolute Gasteiger partial charge is 0.338 e. The summed E-state index contributed by atoms with van der Waals surface area (Å²) < 4.78 is 10.7. The minimum Gasteiger partial charge on any atom is -0.496 e. The van der Waals surface area contributed by atoms with Gasteiger partial charge in [0, 0.05) is 11.3 Å². The van der Waals surface area contributed by atoms with Gasteiger partial charge in [0.25, 0.3) is 0 Å². The van der Waals surface area contributed by atoms with Crippen molar-refractivity contribution in [2.75, 3.05) is 13.7 Å². The molecule has 2 N–H and O–H groups in total. The van der Waals surface area contributed by atoms with Crippen molar-refractivity contribution in [2.24, 2.45) is 0 Å². The van der Waals surface area contributed by atoms with Gasteiger partial charge in [0.1, 0.15) is 5.75 Å². The van der Waals surface area contributed by atoms with Gasteiger partial charge in [-0.25, -0.2) is 4.79 Å². The molecular formula is C17H22N2O3S. The van der Waals surface area contributed by atoms with E-state index in [0.717, 1.165) is 24.1 Å². The van der Waals surface area contributed by atoms with Crippen LogP contribution in [-0.4, -0.2) is 24.8 Å². The largest absolute Gasteiger partial charge is 0.496 e. The Morgan fingerprint density at radius 1 is 1.30 bits per heavy atom. The normalized spacial score (nSPS) is 17.3. The minimum absolute atomic E-state index is 0.324. The molecule has 1 unspecified atom stereocenters. The fourth-order valence-electron chi connectivity index (χ4n) is 2.65. The minimum atomic E-state index is -0.388. The Labute approximate surface area is 142 Å². The fourth-order valence-corrected chi connectivity index (χ4v) is 2.89. The lowest BCUT2D eigenvalue weighted by Gasteiger charge is -2.31. The van der Waals surface area contributed by atoms with Crippen LogP contribution in [0.1, 0.15) is 38.3 Å². The van der Waals surface area contributed by atoms with Crippen molar-refractivity contribution in [1.29, 1.82) is 0 Å². The Morgan fingerprint density at radius 3 is 2.70 bits per heavy atom. The Kier molecular flexibility index (Phi) is 5.98. The molecular weight excluding hydrogens is 312 g/mol. The highest BCUT2D eigenvalue weighted by Crippen LogP contribution is 2.34. The van der Waals surface area contributed by atoms with Crippen LogP contribution in [0.3, 0.4) is 0 Å². The Hall–Kier alpha value is -2.08. The second-order valence-corrected chi connectivity index (χ2v) is 5.54. The van der Waals surface area contributed by atoms with E-state index in [0.29, 0.717) is 23.0 Å². The van der Waals surface area contributed by atoms with E-state index in [2.05, 4.69) is 17.6 Å². The van der Waals surface area contributed by atoms with Gasteiger partial charge in [0.05, 0.1) is 25.3 Å². The first-order chi connectivity index (χ1) is 11.1. The molecule has 0 bridgehead atoms. The number of rotatable bonds is 6. The van der Waals surface area contributed by atoms with Crippen LogP contribution in [0.15, 0.2) is 35.5 Å². The second kappa shape index (κ2) is 7.97. The summed E-state index contributed by atoms with van der Waals surface area (Å²) in [4.78, 5) is 12.5. The van der Waals surface area contributed by atoms with Crippen molar-refractivity contribution in [1.82, 2.24) is 10.6 Å². The molecule has 0 saturated carbocycles. The standard InChI is InChI=1S/C17H22N2O3S/c1-4-8-12-14(16(20)22-5-2)15(19-17(23)18-12)11-9-6-7-10-13(11)21-3/h6-7,9-10,15H,4-5,8H2,1-3H3,(H2,18,19,23). The monoisotopic (exact) mass is 334 g/mol. The molecule has 1 aromatic carbocycles. The van der Waals surface area contributed by atoms with E-state index in [1.807, 2.05) is 24.3 Å². The predicted octanol–water partition coefficient (Wildman–Crippen LogP) is 2.83. The maximum atomic E-state index is 12.5. The molecule has 0 saturated heterocycles. The number of hydrogen-bond acceptors (Lipinski definition) is 4. The number of carbonyl (C=O) groups is 1. The lowest BCUT2D eigenvalue weighted by Crippen LogP contribution is -2.45. The molecule has 0 aromatic heterocycles. The van der Waals surface area contributed by atoms with Crippen LogP contribution in [-0.2, 0) is 9.53 Å². The number of benzene rings is 1. The van der Waals surface area contributed by atoms with Crippen LogP contribution in [0, 0.1) is 0 Å². The molecule has 23 heavy (non-hydrogen) atoms. The van der Waals surface area contributed by atoms with Crippen LogP contribution in [0.2, 0.25) is 0 Å². The molecule has 2 rings (SSSR count). The number of methoxy groups -OCH3 is 1. The van der Waals surface area contributed by atoms with Gasteiger partial charge in [-0.2, -0.15) is 0 Å². The molecule has 1 atom stereocenters. The molecule has 6 heteroatoms. The van der Waals surface area contributed by atoms with Gasteiger partial charge in [0.15, 0.2) is 5.11 Å². The van der Waals surface area contributed by atoms with E-state index in [1.54, 1.807) is 14.0 Å². The van der Waals surface area contributed by atoms with Gasteiger partial charge in [-0.05, 0) is 31.6 Å². The molecule has 0 amide bonds. The number of hydrogen-bond donors (Lipinski definition) is 2. The molecule has 124 valence electrons. The third-order valence-corrected chi connectivity index (χ3v) is 3.82. The van der Waals surface area contributed by atoms with Crippen molar-refractivity contribution in [3.8, 4) is 5.75 Å². The number of nitrogens with one attached hydrogen (secondary N) is 2. The lowest BCUT2D eigenvalue weighted by atomic mass is 9.93. The van der Waals surface area contributed by atoms with Crippen LogP contribution in [0.5, 0.6) is 5.75 Å². The number of carbonyl (C=O) groups excluding carboxylic acids is 1. The third kappa shape index (κ3) is 3.82. The first-order valence-electron chi connectivity index (χ1n) is 7.72. The summed E-state index contributed by atoms with van der Waals surface area (Å²) in [6.45, 7) is 4.18. The maximum Gasteiger partial charge on any atom is 0.338 e. The summed E-state index contributed by atoms with van der Waals surface area (Å²) in [5, 5.41) is 6.77. The summed E-state index contributed by atoms with van der Waals surface area (Å²) in [6.07, 6.45) is 1.62. The molecule has 1 heterocycles.